The molecule has 1 saturated carbocycles. The van der Waals surface area contributed by atoms with E-state index in [2.05, 4.69) is 25.1 Å². The highest BCUT2D eigenvalue weighted by molar-refractivity contribution is 6.03. The molecule has 2 aromatic heterocycles. The van der Waals surface area contributed by atoms with Gasteiger partial charge in [-0.3, -0.25) is 14.7 Å². The third-order valence-corrected chi connectivity index (χ3v) is 7.59. The molecule has 0 radical (unpaired) electrons. The van der Waals surface area contributed by atoms with Gasteiger partial charge in [-0.15, -0.1) is 0 Å². The van der Waals surface area contributed by atoms with Crippen LogP contribution in [0.1, 0.15) is 55.9 Å². The number of rotatable bonds is 7. The Kier molecular flexibility index (Phi) is 8.79. The summed E-state index contributed by atoms with van der Waals surface area (Å²) in [6, 6.07) is 9.23. The van der Waals surface area contributed by atoms with E-state index < -0.39 is 12.1 Å². The Labute approximate surface area is 216 Å². The lowest BCUT2D eigenvalue weighted by Gasteiger charge is -2.37. The predicted octanol–water partition coefficient (Wildman–Crippen LogP) is 5.41. The molecule has 2 fully saturated rings. The van der Waals surface area contributed by atoms with Crippen molar-refractivity contribution in [2.24, 2.45) is 11.8 Å². The Morgan fingerprint density at radius 2 is 1.81 bits per heavy atom. The number of halogens is 3. The second kappa shape index (κ2) is 12.0. The zero-order valence-electron chi connectivity index (χ0n) is 21.2. The fraction of sp³-hybridized carbons (Fsp3) is 0.556. The van der Waals surface area contributed by atoms with E-state index >= 15 is 0 Å². The number of nitrogens with one attached hydrogen (secondary N) is 2. The summed E-state index contributed by atoms with van der Waals surface area (Å²) in [5, 5.41) is 11.0. The summed E-state index contributed by atoms with van der Waals surface area (Å²) in [4.78, 5) is 25.9. The molecule has 1 amide bonds. The van der Waals surface area contributed by atoms with Crippen LogP contribution in [-0.4, -0.2) is 64.9 Å². The predicted molar refractivity (Wildman–Crippen MR) is 138 cm³/mol. The first kappa shape index (κ1) is 27.0. The van der Waals surface area contributed by atoms with E-state index in [9.17, 15) is 18.0 Å². The molecular weight excluding hydrogens is 481 g/mol. The van der Waals surface area contributed by atoms with Crippen LogP contribution in [0.2, 0.25) is 0 Å². The second-order valence-electron chi connectivity index (χ2n) is 9.91. The van der Waals surface area contributed by atoms with Gasteiger partial charge in [-0.25, -0.2) is 4.98 Å². The summed E-state index contributed by atoms with van der Waals surface area (Å²) < 4.78 is 39.9. The van der Waals surface area contributed by atoms with Crippen molar-refractivity contribution < 1.29 is 18.0 Å². The molecule has 10 heteroatoms. The maximum absolute atomic E-state index is 13.3. The molecule has 0 aromatic carbocycles. The van der Waals surface area contributed by atoms with Crippen molar-refractivity contribution in [3.8, 4) is 0 Å². The highest BCUT2D eigenvalue weighted by atomic mass is 19.4. The molecule has 2 N–H and O–H groups in total. The van der Waals surface area contributed by atoms with Crippen LogP contribution in [0.25, 0.3) is 0 Å². The topological polar surface area (TPSA) is 85.2 Å². The van der Waals surface area contributed by atoms with Crippen LogP contribution in [0.5, 0.6) is 0 Å². The molecule has 200 valence electrons. The van der Waals surface area contributed by atoms with E-state index in [-0.39, 0.29) is 24.0 Å². The Balaban J connectivity index is 1.31. The van der Waals surface area contributed by atoms with E-state index in [4.69, 9.17) is 5.41 Å². The van der Waals surface area contributed by atoms with Gasteiger partial charge < -0.3 is 15.6 Å². The number of carbonyl (C=O) groups is 1. The van der Waals surface area contributed by atoms with Gasteiger partial charge >= 0.3 is 6.18 Å². The minimum atomic E-state index is -4.33. The smallest absolute Gasteiger partial charge is 0.355 e. The highest BCUT2D eigenvalue weighted by Gasteiger charge is 2.43. The molecule has 0 bridgehead atoms. The van der Waals surface area contributed by atoms with Gasteiger partial charge in [0.1, 0.15) is 11.5 Å². The molecule has 2 aliphatic rings. The molecule has 3 heterocycles. The van der Waals surface area contributed by atoms with Gasteiger partial charge in [0.15, 0.2) is 0 Å². The summed E-state index contributed by atoms with van der Waals surface area (Å²) >= 11 is 0. The standard InChI is InChI=1S/C27H35F3N6O/c1-2-22(27(28,29)30)25(31)19-7-9-21(10-8-19)35-15-4-16-36(18-17-35)24-6-3-5-23(34-24)26(37)33-20-11-13-32-14-12-20/h3,5-6,11-14,19,21-22,31H,2,4,7-10,15-18H2,1H3,(H,32,33,37). The second-order valence-corrected chi connectivity index (χ2v) is 9.91. The largest absolute Gasteiger partial charge is 0.396 e. The number of carbonyl (C=O) groups excluding carboxylic acids is 1. The van der Waals surface area contributed by atoms with Crippen molar-refractivity contribution in [3.63, 3.8) is 0 Å². The number of amides is 1. The first-order valence-corrected chi connectivity index (χ1v) is 13.1. The fourth-order valence-corrected chi connectivity index (χ4v) is 5.55. The van der Waals surface area contributed by atoms with Crippen molar-refractivity contribution in [1.29, 1.82) is 5.41 Å². The first-order chi connectivity index (χ1) is 17.8. The van der Waals surface area contributed by atoms with Crippen molar-refractivity contribution in [2.75, 3.05) is 36.4 Å². The summed E-state index contributed by atoms with van der Waals surface area (Å²) in [5.41, 5.74) is 0.876. The van der Waals surface area contributed by atoms with Crippen LogP contribution in [0, 0.1) is 17.2 Å². The van der Waals surface area contributed by atoms with Crippen molar-refractivity contribution in [3.05, 3.63) is 48.4 Å². The Bertz CT molecular complexity index is 1060. The van der Waals surface area contributed by atoms with E-state index in [0.29, 0.717) is 30.3 Å². The molecule has 37 heavy (non-hydrogen) atoms. The van der Waals surface area contributed by atoms with Crippen LogP contribution in [0.4, 0.5) is 24.7 Å². The summed E-state index contributed by atoms with van der Waals surface area (Å²) in [6.07, 6.45) is 2.71. The Morgan fingerprint density at radius 3 is 2.49 bits per heavy atom. The van der Waals surface area contributed by atoms with Crippen LogP contribution in [-0.2, 0) is 0 Å². The monoisotopic (exact) mass is 516 g/mol. The minimum Gasteiger partial charge on any atom is -0.355 e. The van der Waals surface area contributed by atoms with Crippen LogP contribution >= 0.6 is 0 Å². The lowest BCUT2D eigenvalue weighted by molar-refractivity contribution is -0.157. The maximum atomic E-state index is 13.3. The number of nitrogens with zero attached hydrogens (tertiary/aromatic N) is 4. The SMILES string of the molecule is CCC(C(=N)C1CCC(N2CCCN(c3cccc(C(=O)Nc4ccncc4)n3)CC2)CC1)C(F)(F)F. The van der Waals surface area contributed by atoms with E-state index in [1.807, 2.05) is 12.1 Å². The molecule has 2 aromatic rings. The molecule has 1 aliphatic heterocycles. The maximum Gasteiger partial charge on any atom is 0.396 e. The zero-order valence-corrected chi connectivity index (χ0v) is 21.2. The van der Waals surface area contributed by atoms with Crippen LogP contribution < -0.4 is 10.2 Å². The van der Waals surface area contributed by atoms with Crippen LogP contribution in [0.3, 0.4) is 0 Å². The summed E-state index contributed by atoms with van der Waals surface area (Å²) in [7, 11) is 0. The van der Waals surface area contributed by atoms with Gasteiger partial charge in [-0.05, 0) is 68.7 Å². The fourth-order valence-electron chi connectivity index (χ4n) is 5.55. The Morgan fingerprint density at radius 1 is 1.08 bits per heavy atom. The molecule has 1 atom stereocenters. The number of alkyl halides is 3. The average Bonchev–Trinajstić information content (AvgIpc) is 3.15. The van der Waals surface area contributed by atoms with Gasteiger partial charge in [0, 0.05) is 56.0 Å². The van der Waals surface area contributed by atoms with Gasteiger partial charge in [-0.1, -0.05) is 13.0 Å². The number of aromatic nitrogens is 2. The summed E-state index contributed by atoms with van der Waals surface area (Å²) in [5.74, 6) is -1.39. The molecule has 1 aliphatic carbocycles. The van der Waals surface area contributed by atoms with Gasteiger partial charge in [0.25, 0.3) is 5.91 Å². The number of pyridine rings is 2. The van der Waals surface area contributed by atoms with Crippen molar-refractivity contribution >= 4 is 23.1 Å². The van der Waals surface area contributed by atoms with E-state index in [1.165, 1.54) is 6.92 Å². The van der Waals surface area contributed by atoms with Crippen molar-refractivity contribution in [1.82, 2.24) is 14.9 Å². The highest BCUT2D eigenvalue weighted by Crippen LogP contribution is 2.37. The van der Waals surface area contributed by atoms with E-state index in [1.54, 1.807) is 30.6 Å². The Hall–Kier alpha value is -3.01. The number of hydrogen-bond donors (Lipinski definition) is 2. The average molecular weight is 517 g/mol. The van der Waals surface area contributed by atoms with Crippen molar-refractivity contribution in [2.45, 2.75) is 57.7 Å². The first-order valence-electron chi connectivity index (χ1n) is 13.1. The molecule has 0 spiro atoms. The summed E-state index contributed by atoms with van der Waals surface area (Å²) in [6.45, 7) is 4.86. The zero-order chi connectivity index (χ0) is 26.4. The molecule has 7 nitrogen and oxygen atoms in total. The number of hydrogen-bond acceptors (Lipinski definition) is 6. The minimum absolute atomic E-state index is 0.0646. The third kappa shape index (κ3) is 6.85. The normalized spacial score (nSPS) is 22.2. The third-order valence-electron chi connectivity index (χ3n) is 7.59. The molecular formula is C27H35F3N6O. The lowest BCUT2D eigenvalue weighted by Crippen LogP contribution is -2.43. The van der Waals surface area contributed by atoms with Crippen LogP contribution in [0.15, 0.2) is 42.7 Å². The van der Waals surface area contributed by atoms with Gasteiger partial charge in [0.2, 0.25) is 0 Å². The van der Waals surface area contributed by atoms with Gasteiger partial charge in [0.05, 0.1) is 5.92 Å². The lowest BCUT2D eigenvalue weighted by atomic mass is 9.78. The quantitative estimate of drug-likeness (QED) is 0.481. The molecule has 1 unspecified atom stereocenters. The number of anilines is 2. The molecule has 1 saturated heterocycles. The van der Waals surface area contributed by atoms with E-state index in [0.717, 1.165) is 51.3 Å². The molecule has 4 rings (SSSR count). The van der Waals surface area contributed by atoms with Gasteiger partial charge in [-0.2, -0.15) is 13.2 Å².